The first kappa shape index (κ1) is 11.1. The summed E-state index contributed by atoms with van der Waals surface area (Å²) in [7, 11) is 0. The van der Waals surface area contributed by atoms with Crippen LogP contribution in [0.15, 0.2) is 24.8 Å². The number of pyridine rings is 1. The van der Waals surface area contributed by atoms with Crippen molar-refractivity contribution in [1.82, 2.24) is 19.7 Å². The molecule has 0 atom stereocenters. The van der Waals surface area contributed by atoms with Gasteiger partial charge in [-0.05, 0) is 12.1 Å². The van der Waals surface area contributed by atoms with E-state index in [0.29, 0.717) is 0 Å². The molecule has 2 heterocycles. The van der Waals surface area contributed by atoms with Crippen molar-refractivity contribution in [1.29, 1.82) is 5.26 Å². The van der Waals surface area contributed by atoms with Crippen LogP contribution in [0, 0.1) is 11.3 Å². The van der Waals surface area contributed by atoms with Gasteiger partial charge in [-0.15, -0.1) is 0 Å². The summed E-state index contributed by atoms with van der Waals surface area (Å²) >= 11 is 0. The topological polar surface area (TPSA) is 67.4 Å². The molecule has 17 heavy (non-hydrogen) atoms. The van der Waals surface area contributed by atoms with Crippen molar-refractivity contribution in [2.24, 2.45) is 0 Å². The summed E-state index contributed by atoms with van der Waals surface area (Å²) in [6.07, 6.45) is -2.25. The van der Waals surface area contributed by atoms with Crippen molar-refractivity contribution in [2.45, 2.75) is 6.18 Å². The summed E-state index contributed by atoms with van der Waals surface area (Å²) < 4.78 is 38.4. The number of hydrogen-bond acceptors (Lipinski definition) is 4. The SMILES string of the molecule is N#Cc1ccc(C(F)(F)F)nc1-n1cncn1. The van der Waals surface area contributed by atoms with Crippen LogP contribution in [0.3, 0.4) is 0 Å². The highest BCUT2D eigenvalue weighted by molar-refractivity contribution is 5.43. The van der Waals surface area contributed by atoms with Crippen molar-refractivity contribution < 1.29 is 13.2 Å². The smallest absolute Gasteiger partial charge is 0.223 e. The molecule has 0 fully saturated rings. The van der Waals surface area contributed by atoms with Crippen LogP contribution < -0.4 is 0 Å². The van der Waals surface area contributed by atoms with E-state index in [9.17, 15) is 13.2 Å². The second-order valence-corrected chi connectivity index (χ2v) is 3.02. The number of halogens is 3. The minimum absolute atomic E-state index is 0.0106. The Morgan fingerprint density at radius 2 is 2.06 bits per heavy atom. The second-order valence-electron chi connectivity index (χ2n) is 3.02. The summed E-state index contributed by atoms with van der Waals surface area (Å²) in [6, 6.07) is 3.54. The van der Waals surface area contributed by atoms with E-state index in [1.165, 1.54) is 6.33 Å². The highest BCUT2D eigenvalue weighted by Crippen LogP contribution is 2.28. The quantitative estimate of drug-likeness (QED) is 0.757. The van der Waals surface area contributed by atoms with Gasteiger partial charge in [0.1, 0.15) is 24.4 Å². The van der Waals surface area contributed by atoms with Crippen LogP contribution in [-0.2, 0) is 6.18 Å². The van der Waals surface area contributed by atoms with E-state index in [4.69, 9.17) is 5.26 Å². The summed E-state index contributed by atoms with van der Waals surface area (Å²) in [5, 5.41) is 12.4. The Morgan fingerprint density at radius 1 is 1.29 bits per heavy atom. The average molecular weight is 239 g/mol. The molecule has 2 aromatic heterocycles. The van der Waals surface area contributed by atoms with Crippen LogP contribution in [0.25, 0.3) is 5.82 Å². The highest BCUT2D eigenvalue weighted by atomic mass is 19.4. The maximum Gasteiger partial charge on any atom is 0.433 e. The molecule has 0 saturated heterocycles. The van der Waals surface area contributed by atoms with Gasteiger partial charge < -0.3 is 0 Å². The van der Waals surface area contributed by atoms with Gasteiger partial charge in [0.15, 0.2) is 5.82 Å². The number of aromatic nitrogens is 4. The first-order chi connectivity index (χ1) is 8.02. The van der Waals surface area contributed by atoms with Gasteiger partial charge in [-0.25, -0.2) is 14.6 Å². The van der Waals surface area contributed by atoms with Gasteiger partial charge in [0.05, 0.1) is 5.56 Å². The molecule has 0 aromatic carbocycles. The van der Waals surface area contributed by atoms with Crippen molar-refractivity contribution in [3.8, 4) is 11.9 Å². The van der Waals surface area contributed by atoms with Crippen LogP contribution in [0.4, 0.5) is 13.2 Å². The first-order valence-corrected chi connectivity index (χ1v) is 4.35. The fraction of sp³-hybridized carbons (Fsp3) is 0.111. The van der Waals surface area contributed by atoms with E-state index in [-0.39, 0.29) is 11.4 Å². The average Bonchev–Trinajstić information content (AvgIpc) is 2.80. The van der Waals surface area contributed by atoms with E-state index in [1.807, 2.05) is 0 Å². The summed E-state index contributed by atoms with van der Waals surface area (Å²) in [5.41, 5.74) is -1.09. The Kier molecular flexibility index (Phi) is 2.51. The van der Waals surface area contributed by atoms with E-state index in [1.54, 1.807) is 6.07 Å². The lowest BCUT2D eigenvalue weighted by atomic mass is 10.2. The van der Waals surface area contributed by atoms with Gasteiger partial charge in [0.25, 0.3) is 0 Å². The Morgan fingerprint density at radius 3 is 2.59 bits per heavy atom. The molecule has 0 saturated carbocycles. The third-order valence-corrected chi connectivity index (χ3v) is 1.92. The zero-order valence-corrected chi connectivity index (χ0v) is 8.18. The molecule has 0 aliphatic heterocycles. The summed E-state index contributed by atoms with van der Waals surface area (Å²) in [5.74, 6) is -0.195. The summed E-state index contributed by atoms with van der Waals surface area (Å²) in [4.78, 5) is 6.96. The Balaban J connectivity index is 2.61. The van der Waals surface area contributed by atoms with E-state index >= 15 is 0 Å². The number of rotatable bonds is 1. The van der Waals surface area contributed by atoms with E-state index in [2.05, 4.69) is 15.1 Å². The normalized spacial score (nSPS) is 11.2. The van der Waals surface area contributed by atoms with Crippen molar-refractivity contribution in [2.75, 3.05) is 0 Å². The maximum atomic E-state index is 12.5. The van der Waals surface area contributed by atoms with Gasteiger partial charge in [0.2, 0.25) is 0 Å². The fourth-order valence-corrected chi connectivity index (χ4v) is 1.19. The van der Waals surface area contributed by atoms with Gasteiger partial charge >= 0.3 is 6.18 Å². The predicted molar refractivity (Wildman–Crippen MR) is 48.9 cm³/mol. The monoisotopic (exact) mass is 239 g/mol. The summed E-state index contributed by atoms with van der Waals surface area (Å²) in [6.45, 7) is 0. The molecule has 0 amide bonds. The molecule has 0 bridgehead atoms. The molecule has 0 unspecified atom stereocenters. The fourth-order valence-electron chi connectivity index (χ4n) is 1.19. The van der Waals surface area contributed by atoms with E-state index in [0.717, 1.165) is 23.1 Å². The number of nitrogens with zero attached hydrogens (tertiary/aromatic N) is 5. The molecule has 8 heteroatoms. The van der Waals surface area contributed by atoms with Crippen LogP contribution in [0.1, 0.15) is 11.3 Å². The maximum absolute atomic E-state index is 12.5. The minimum Gasteiger partial charge on any atom is -0.223 e. The lowest BCUT2D eigenvalue weighted by Gasteiger charge is -2.08. The number of hydrogen-bond donors (Lipinski definition) is 0. The molecule has 5 nitrogen and oxygen atoms in total. The molecule has 2 rings (SSSR count). The van der Waals surface area contributed by atoms with Crippen molar-refractivity contribution in [3.05, 3.63) is 36.0 Å². The minimum atomic E-state index is -4.57. The molecular formula is C9H4F3N5. The standard InChI is InChI=1S/C9H4F3N5/c10-9(11,12)7-2-1-6(3-13)8(16-7)17-5-14-4-15-17/h1-2,4-5H. The third-order valence-electron chi connectivity index (χ3n) is 1.92. The third kappa shape index (κ3) is 2.08. The van der Waals surface area contributed by atoms with Gasteiger partial charge in [-0.1, -0.05) is 0 Å². The molecule has 0 aliphatic carbocycles. The van der Waals surface area contributed by atoms with Crippen LogP contribution in [-0.4, -0.2) is 19.7 Å². The number of nitriles is 1. The highest BCUT2D eigenvalue weighted by Gasteiger charge is 2.33. The number of alkyl halides is 3. The van der Waals surface area contributed by atoms with Crippen molar-refractivity contribution in [3.63, 3.8) is 0 Å². The molecule has 0 spiro atoms. The Hall–Kier alpha value is -2.43. The zero-order valence-electron chi connectivity index (χ0n) is 8.18. The van der Waals surface area contributed by atoms with Gasteiger partial charge in [-0.3, -0.25) is 0 Å². The lowest BCUT2D eigenvalue weighted by Crippen LogP contribution is -2.11. The molecule has 0 N–H and O–H groups in total. The van der Waals surface area contributed by atoms with E-state index < -0.39 is 11.9 Å². The van der Waals surface area contributed by atoms with Crippen molar-refractivity contribution >= 4 is 0 Å². The van der Waals surface area contributed by atoms with Crippen LogP contribution >= 0.6 is 0 Å². The lowest BCUT2D eigenvalue weighted by molar-refractivity contribution is -0.141. The second kappa shape index (κ2) is 3.86. The Bertz CT molecular complexity index is 567. The van der Waals surface area contributed by atoms with Crippen LogP contribution in [0.2, 0.25) is 0 Å². The van der Waals surface area contributed by atoms with Gasteiger partial charge in [0, 0.05) is 0 Å². The molecule has 2 aromatic rings. The molecule has 0 aliphatic rings. The largest absolute Gasteiger partial charge is 0.433 e. The molecular weight excluding hydrogens is 235 g/mol. The van der Waals surface area contributed by atoms with Crippen LogP contribution in [0.5, 0.6) is 0 Å². The Labute approximate surface area is 93.2 Å². The predicted octanol–water partition coefficient (Wildman–Crippen LogP) is 1.55. The first-order valence-electron chi connectivity index (χ1n) is 4.35. The molecule has 0 radical (unpaired) electrons. The zero-order chi connectivity index (χ0) is 12.5. The van der Waals surface area contributed by atoms with Gasteiger partial charge in [-0.2, -0.15) is 23.5 Å². The molecule has 86 valence electrons.